The van der Waals surface area contributed by atoms with Crippen molar-refractivity contribution in [2.24, 2.45) is 0 Å². The number of thiophene rings is 1. The first-order valence-corrected chi connectivity index (χ1v) is 14.9. The van der Waals surface area contributed by atoms with Crippen molar-refractivity contribution >= 4 is 50.3 Å². The molecular weight excluding hydrogens is 544 g/mol. The Balaban J connectivity index is 0.000000612. The highest BCUT2D eigenvalue weighted by Gasteiger charge is 2.27. The second kappa shape index (κ2) is 14.7. The zero-order valence-corrected chi connectivity index (χ0v) is 26.2. The Morgan fingerprint density at radius 2 is 1.90 bits per heavy atom. The van der Waals surface area contributed by atoms with E-state index in [9.17, 15) is 0 Å². The molecular formula is C32H42N8OS. The molecule has 0 radical (unpaired) electrons. The highest BCUT2D eigenvalue weighted by Crippen LogP contribution is 2.40. The summed E-state index contributed by atoms with van der Waals surface area (Å²) < 4.78 is 6.85. The summed E-state index contributed by atoms with van der Waals surface area (Å²) in [6.45, 7) is 7.45. The number of methoxy groups -OCH3 is 1. The predicted octanol–water partition coefficient (Wildman–Crippen LogP) is 6.64. The van der Waals surface area contributed by atoms with Crippen LogP contribution in [0, 0.1) is 0 Å². The highest BCUT2D eigenvalue weighted by molar-refractivity contribution is 7.17. The quantitative estimate of drug-likeness (QED) is 0.144. The van der Waals surface area contributed by atoms with Crippen LogP contribution >= 0.6 is 11.3 Å². The Labute approximate surface area is 253 Å². The van der Waals surface area contributed by atoms with Crippen molar-refractivity contribution in [3.63, 3.8) is 0 Å². The first-order valence-electron chi connectivity index (χ1n) is 14.1. The Kier molecular flexibility index (Phi) is 10.8. The van der Waals surface area contributed by atoms with Gasteiger partial charge < -0.3 is 30.6 Å². The maximum absolute atomic E-state index is 5.78. The largest absolute Gasteiger partial charge is 0.494 e. The number of anilines is 5. The van der Waals surface area contributed by atoms with Gasteiger partial charge in [0, 0.05) is 38.8 Å². The summed E-state index contributed by atoms with van der Waals surface area (Å²) in [5, 5.41) is 8.81. The molecule has 0 bridgehead atoms. The van der Waals surface area contributed by atoms with Gasteiger partial charge >= 0.3 is 0 Å². The summed E-state index contributed by atoms with van der Waals surface area (Å²) in [5.74, 6) is 1.25. The summed E-state index contributed by atoms with van der Waals surface area (Å²) in [6, 6.07) is 14.3. The van der Waals surface area contributed by atoms with Crippen LogP contribution in [0.4, 0.5) is 28.7 Å². The van der Waals surface area contributed by atoms with Crippen LogP contribution in [0.25, 0.3) is 10.2 Å². The van der Waals surface area contributed by atoms with Crippen molar-refractivity contribution in [3.05, 3.63) is 83.9 Å². The molecule has 1 unspecified atom stereocenters. The molecule has 42 heavy (non-hydrogen) atoms. The number of ether oxygens (including phenoxy) is 1. The number of aromatic nitrogens is 2. The molecule has 222 valence electrons. The molecule has 0 fully saturated rings. The monoisotopic (exact) mass is 586 g/mol. The lowest BCUT2D eigenvalue weighted by atomic mass is 10.0. The molecule has 2 aromatic carbocycles. The van der Waals surface area contributed by atoms with Gasteiger partial charge in [-0.05, 0) is 44.1 Å². The number of para-hydroxylation sites is 1. The molecule has 1 aliphatic rings. The van der Waals surface area contributed by atoms with Gasteiger partial charge in [0.25, 0.3) is 0 Å². The number of nitrogens with one attached hydrogen (secondary N) is 4. The normalized spacial score (nSPS) is 13.8. The van der Waals surface area contributed by atoms with Crippen LogP contribution in [-0.4, -0.2) is 63.3 Å². The van der Waals surface area contributed by atoms with Crippen LogP contribution in [0.3, 0.4) is 0 Å². The second-order valence-corrected chi connectivity index (χ2v) is 11.0. The number of nitrogens with zero attached hydrogens (tertiary/aromatic N) is 4. The summed E-state index contributed by atoms with van der Waals surface area (Å²) in [4.78, 5) is 14.2. The highest BCUT2D eigenvalue weighted by atomic mass is 32.1. The minimum absolute atomic E-state index is 0.0756. The van der Waals surface area contributed by atoms with Gasteiger partial charge in [0.2, 0.25) is 5.95 Å². The molecule has 4 N–H and O–H groups in total. The van der Waals surface area contributed by atoms with E-state index in [-0.39, 0.29) is 6.04 Å². The van der Waals surface area contributed by atoms with Gasteiger partial charge in [0.15, 0.2) is 0 Å². The number of hydrogen-bond donors (Lipinski definition) is 4. The number of likely N-dealkylation sites (N-methyl/N-ethyl adjacent to an activating group) is 2. The molecule has 0 aliphatic carbocycles. The number of rotatable bonds is 11. The van der Waals surface area contributed by atoms with Crippen LogP contribution in [0.2, 0.25) is 0 Å². The molecule has 9 nitrogen and oxygen atoms in total. The van der Waals surface area contributed by atoms with Crippen molar-refractivity contribution in [1.82, 2.24) is 20.3 Å². The Bertz CT molecular complexity index is 1520. The second-order valence-electron chi connectivity index (χ2n) is 10.1. The minimum atomic E-state index is -0.0756. The van der Waals surface area contributed by atoms with Gasteiger partial charge in [-0.15, -0.1) is 11.3 Å². The van der Waals surface area contributed by atoms with Crippen molar-refractivity contribution in [2.75, 3.05) is 69.3 Å². The molecule has 2 aromatic heterocycles. The molecule has 3 heterocycles. The molecule has 4 aromatic rings. The third-order valence-electron chi connectivity index (χ3n) is 6.86. The predicted molar refractivity (Wildman–Crippen MR) is 180 cm³/mol. The molecule has 5 rings (SSSR count). The summed E-state index contributed by atoms with van der Waals surface area (Å²) in [5.41, 5.74) is 13.6. The summed E-state index contributed by atoms with van der Waals surface area (Å²) in [6.07, 6.45) is 6.89. The van der Waals surface area contributed by atoms with Crippen molar-refractivity contribution in [2.45, 2.75) is 19.4 Å². The third-order valence-corrected chi connectivity index (χ3v) is 7.79. The van der Waals surface area contributed by atoms with E-state index in [1.165, 1.54) is 0 Å². The van der Waals surface area contributed by atoms with Gasteiger partial charge in [-0.1, -0.05) is 49.9 Å². The molecule has 0 saturated carbocycles. The smallest absolute Gasteiger partial charge is 0.228 e. The van der Waals surface area contributed by atoms with Crippen LogP contribution in [0.1, 0.15) is 30.6 Å². The number of fused-ring (bicyclic) bond motifs is 2. The average Bonchev–Trinajstić information content (AvgIpc) is 3.66. The Hall–Kier alpha value is -4.12. The number of benzene rings is 2. The van der Waals surface area contributed by atoms with E-state index in [1.807, 2.05) is 43.5 Å². The Morgan fingerprint density at radius 3 is 2.60 bits per heavy atom. The van der Waals surface area contributed by atoms with E-state index in [0.29, 0.717) is 5.95 Å². The topological polar surface area (TPSA) is 89.6 Å². The Morgan fingerprint density at radius 1 is 1.10 bits per heavy atom. The van der Waals surface area contributed by atoms with Crippen LogP contribution in [0.15, 0.2) is 72.7 Å². The maximum Gasteiger partial charge on any atom is 0.228 e. The van der Waals surface area contributed by atoms with Gasteiger partial charge in [-0.3, -0.25) is 0 Å². The first kappa shape index (κ1) is 30.8. The lowest BCUT2D eigenvalue weighted by Gasteiger charge is -2.25. The van der Waals surface area contributed by atoms with Gasteiger partial charge in [0.1, 0.15) is 5.75 Å². The zero-order valence-electron chi connectivity index (χ0n) is 25.4. The van der Waals surface area contributed by atoms with Crippen LogP contribution < -0.4 is 31.1 Å². The van der Waals surface area contributed by atoms with Crippen molar-refractivity contribution in [1.29, 1.82) is 0 Å². The molecule has 0 amide bonds. The van der Waals surface area contributed by atoms with Crippen LogP contribution in [0.5, 0.6) is 5.75 Å². The van der Waals surface area contributed by atoms with Gasteiger partial charge in [0.05, 0.1) is 51.8 Å². The SMILES string of the molecule is C=C/C=C/CC.CNc1cc(Nc2nc(C3NNc4ccccc43)c3sccc3n2)c(OC)cc1N(C)CCN(C)C. The molecule has 0 spiro atoms. The average molecular weight is 587 g/mol. The fourth-order valence-corrected chi connectivity index (χ4v) is 5.47. The molecule has 10 heteroatoms. The van der Waals surface area contributed by atoms with Gasteiger partial charge in [-0.2, -0.15) is 0 Å². The van der Waals surface area contributed by atoms with Gasteiger partial charge in [-0.25, -0.2) is 15.4 Å². The summed E-state index contributed by atoms with van der Waals surface area (Å²) >= 11 is 1.65. The molecule has 0 saturated heterocycles. The molecule has 1 atom stereocenters. The van der Waals surface area contributed by atoms with E-state index in [2.05, 4.69) is 89.5 Å². The zero-order chi connectivity index (χ0) is 30.1. The van der Waals surface area contributed by atoms with E-state index in [4.69, 9.17) is 14.7 Å². The lowest BCUT2D eigenvalue weighted by Crippen LogP contribution is -2.29. The number of hydrazine groups is 1. The lowest BCUT2D eigenvalue weighted by molar-refractivity contribution is 0.413. The summed E-state index contributed by atoms with van der Waals surface area (Å²) in [7, 11) is 9.86. The van der Waals surface area contributed by atoms with Crippen LogP contribution in [-0.2, 0) is 0 Å². The van der Waals surface area contributed by atoms with E-state index < -0.39 is 0 Å². The van der Waals surface area contributed by atoms with E-state index >= 15 is 0 Å². The standard InChI is InChI=1S/C26H32N8OS.C6H10/c1-27-19-14-20(22(35-5)15-21(19)34(4)12-11-33(2)3)29-26-28-18-10-13-36-25(18)24(30-26)23-16-8-6-7-9-17(16)31-32-23;1-3-5-6-4-2/h6-10,13-15,23,27,31-32H,11-12H2,1-5H3,(H,28,29,30);3,5-6H,1,4H2,2H3/b;6-5+. The van der Waals surface area contributed by atoms with Crippen molar-refractivity contribution in [3.8, 4) is 5.75 Å². The van der Waals surface area contributed by atoms with E-state index in [0.717, 1.165) is 69.5 Å². The number of allylic oxidation sites excluding steroid dienone is 3. The fraction of sp³-hybridized carbons (Fsp3) is 0.312. The van der Waals surface area contributed by atoms with Crippen molar-refractivity contribution < 1.29 is 4.74 Å². The fourth-order valence-electron chi connectivity index (χ4n) is 4.62. The first-order chi connectivity index (χ1) is 20.4. The minimum Gasteiger partial charge on any atom is -0.494 e. The van der Waals surface area contributed by atoms with E-state index in [1.54, 1.807) is 24.5 Å². The third kappa shape index (κ3) is 7.20. The molecule has 1 aliphatic heterocycles. The maximum atomic E-state index is 5.78. The number of hydrogen-bond acceptors (Lipinski definition) is 10.